The van der Waals surface area contributed by atoms with Gasteiger partial charge in [0.15, 0.2) is 0 Å². The number of aromatic nitrogens is 3. The monoisotopic (exact) mass is 191 g/mol. The smallest absolute Gasteiger partial charge is 0.119 e. The minimum absolute atomic E-state index is 0.878. The fourth-order valence-corrected chi connectivity index (χ4v) is 1.39. The van der Waals surface area contributed by atoms with Gasteiger partial charge in [0.1, 0.15) is 10.7 Å². The highest BCUT2D eigenvalue weighted by atomic mass is 32.2. The van der Waals surface area contributed by atoms with Crippen LogP contribution in [0, 0.1) is 0 Å². The number of nitrogens with zero attached hydrogens (tertiary/aromatic N) is 2. The summed E-state index contributed by atoms with van der Waals surface area (Å²) >= 11 is 1.59. The predicted octanol–water partition coefficient (Wildman–Crippen LogP) is 2.19. The molecule has 0 aliphatic rings. The second kappa shape index (κ2) is 3.62. The molecule has 0 aromatic carbocycles. The largest absolute Gasteiger partial charge is 0.360 e. The van der Waals surface area contributed by atoms with Crippen LogP contribution in [0.25, 0.3) is 11.4 Å². The molecule has 1 N–H and O–H groups in total. The lowest BCUT2D eigenvalue weighted by atomic mass is 10.3. The van der Waals surface area contributed by atoms with Crippen molar-refractivity contribution in [2.75, 3.05) is 6.26 Å². The maximum absolute atomic E-state index is 4.09. The van der Waals surface area contributed by atoms with E-state index in [4.69, 9.17) is 0 Å². The lowest BCUT2D eigenvalue weighted by Gasteiger charge is -1.96. The average molecular weight is 191 g/mol. The molecular formula is C9H9N3S. The van der Waals surface area contributed by atoms with E-state index in [9.17, 15) is 0 Å². The van der Waals surface area contributed by atoms with Gasteiger partial charge in [0.05, 0.1) is 5.69 Å². The maximum Gasteiger partial charge on any atom is 0.119 e. The van der Waals surface area contributed by atoms with Gasteiger partial charge in [0.25, 0.3) is 0 Å². The van der Waals surface area contributed by atoms with Crippen molar-refractivity contribution < 1.29 is 0 Å². The van der Waals surface area contributed by atoms with Crippen molar-refractivity contribution in [3.63, 3.8) is 0 Å². The fourth-order valence-electron chi connectivity index (χ4n) is 1.06. The van der Waals surface area contributed by atoms with Crippen molar-refractivity contribution in [1.29, 1.82) is 0 Å². The van der Waals surface area contributed by atoms with Crippen LogP contribution in [0.5, 0.6) is 0 Å². The van der Waals surface area contributed by atoms with E-state index < -0.39 is 0 Å². The first-order valence-corrected chi connectivity index (χ1v) is 5.14. The first kappa shape index (κ1) is 8.31. The molecule has 4 heteroatoms. The van der Waals surface area contributed by atoms with Crippen molar-refractivity contribution in [3.8, 4) is 11.4 Å². The number of aromatic amines is 1. The molecule has 0 unspecified atom stereocenters. The molecule has 13 heavy (non-hydrogen) atoms. The zero-order valence-corrected chi connectivity index (χ0v) is 8.01. The van der Waals surface area contributed by atoms with Crippen molar-refractivity contribution in [3.05, 3.63) is 30.5 Å². The third-order valence-corrected chi connectivity index (χ3v) is 2.36. The highest BCUT2D eigenvalue weighted by molar-refractivity contribution is 7.98. The normalized spacial score (nSPS) is 10.2. The molecule has 0 saturated carbocycles. The first-order chi connectivity index (χ1) is 6.40. The second-order valence-corrected chi connectivity index (χ2v) is 3.37. The average Bonchev–Trinajstić information content (AvgIpc) is 2.71. The van der Waals surface area contributed by atoms with Crippen LogP contribution >= 0.6 is 11.8 Å². The van der Waals surface area contributed by atoms with Gasteiger partial charge in [0, 0.05) is 6.20 Å². The van der Waals surface area contributed by atoms with E-state index in [2.05, 4.69) is 15.2 Å². The molecule has 2 rings (SSSR count). The van der Waals surface area contributed by atoms with E-state index in [1.165, 1.54) is 0 Å². The Hall–Kier alpha value is -1.29. The molecule has 0 aliphatic carbocycles. The van der Waals surface area contributed by atoms with Gasteiger partial charge < -0.3 is 4.98 Å². The van der Waals surface area contributed by atoms with E-state index in [0.29, 0.717) is 0 Å². The van der Waals surface area contributed by atoms with Gasteiger partial charge in [-0.3, -0.25) is 0 Å². The van der Waals surface area contributed by atoms with Crippen LogP contribution in [0.2, 0.25) is 0 Å². The van der Waals surface area contributed by atoms with Crippen LogP contribution in [0.1, 0.15) is 0 Å². The van der Waals surface area contributed by atoms with E-state index >= 15 is 0 Å². The van der Waals surface area contributed by atoms with Crippen LogP contribution in [-0.2, 0) is 0 Å². The van der Waals surface area contributed by atoms with Crippen LogP contribution in [-0.4, -0.2) is 21.4 Å². The summed E-state index contributed by atoms with van der Waals surface area (Å²) in [7, 11) is 0. The van der Waals surface area contributed by atoms with Crippen molar-refractivity contribution in [1.82, 2.24) is 15.2 Å². The van der Waals surface area contributed by atoms with Crippen LogP contribution in [0.3, 0.4) is 0 Å². The molecule has 2 heterocycles. The Kier molecular flexibility index (Phi) is 2.31. The topological polar surface area (TPSA) is 41.6 Å². The van der Waals surface area contributed by atoms with Gasteiger partial charge >= 0.3 is 0 Å². The highest BCUT2D eigenvalue weighted by Gasteiger charge is 1.99. The van der Waals surface area contributed by atoms with E-state index in [1.807, 2.05) is 36.7 Å². The molecule has 0 atom stereocenters. The Morgan fingerprint density at radius 2 is 2.15 bits per heavy atom. The molecule has 66 valence electrons. The van der Waals surface area contributed by atoms with Crippen LogP contribution < -0.4 is 0 Å². The Morgan fingerprint density at radius 1 is 1.23 bits per heavy atom. The molecule has 0 aliphatic heterocycles. The van der Waals surface area contributed by atoms with Crippen LogP contribution in [0.4, 0.5) is 0 Å². The summed E-state index contributed by atoms with van der Waals surface area (Å²) in [5.74, 6) is 0. The third-order valence-electron chi connectivity index (χ3n) is 1.72. The number of rotatable bonds is 2. The first-order valence-electron chi connectivity index (χ1n) is 3.91. The summed E-state index contributed by atoms with van der Waals surface area (Å²) in [5, 5.41) is 9.08. The predicted molar refractivity (Wildman–Crippen MR) is 53.6 cm³/mol. The molecule has 0 bridgehead atoms. The molecular weight excluding hydrogens is 182 g/mol. The third kappa shape index (κ3) is 1.72. The Balaban J connectivity index is 2.33. The summed E-state index contributed by atoms with van der Waals surface area (Å²) in [6.07, 6.45) is 3.86. The van der Waals surface area contributed by atoms with Crippen molar-refractivity contribution in [2.45, 2.75) is 5.03 Å². The summed E-state index contributed by atoms with van der Waals surface area (Å²) in [5.41, 5.74) is 1.88. The number of hydrogen-bond donors (Lipinski definition) is 1. The molecule has 0 saturated heterocycles. The SMILES string of the molecule is CSc1ccc(-c2ccc[nH]2)nn1. The minimum atomic E-state index is 0.878. The van der Waals surface area contributed by atoms with Crippen LogP contribution in [0.15, 0.2) is 35.5 Å². The molecule has 2 aromatic heterocycles. The highest BCUT2D eigenvalue weighted by Crippen LogP contribution is 2.15. The zero-order valence-electron chi connectivity index (χ0n) is 7.19. The molecule has 2 aromatic rings. The number of hydrogen-bond acceptors (Lipinski definition) is 3. The van der Waals surface area contributed by atoms with Gasteiger partial charge in [-0.2, -0.15) is 0 Å². The Bertz CT molecular complexity index is 366. The molecule has 0 fully saturated rings. The maximum atomic E-state index is 4.09. The van der Waals surface area contributed by atoms with E-state index in [0.717, 1.165) is 16.4 Å². The zero-order chi connectivity index (χ0) is 9.10. The van der Waals surface area contributed by atoms with Gasteiger partial charge in [-0.25, -0.2) is 0 Å². The summed E-state index contributed by atoms with van der Waals surface area (Å²) in [6.45, 7) is 0. The minimum Gasteiger partial charge on any atom is -0.360 e. The lowest BCUT2D eigenvalue weighted by Crippen LogP contribution is -1.88. The van der Waals surface area contributed by atoms with E-state index in [1.54, 1.807) is 11.8 Å². The number of H-pyrrole nitrogens is 1. The van der Waals surface area contributed by atoms with Gasteiger partial charge in [-0.1, -0.05) is 0 Å². The molecule has 0 radical (unpaired) electrons. The summed E-state index contributed by atoms with van der Waals surface area (Å²) in [6, 6.07) is 7.85. The Morgan fingerprint density at radius 3 is 2.69 bits per heavy atom. The molecule has 0 amide bonds. The summed E-state index contributed by atoms with van der Waals surface area (Å²) < 4.78 is 0. The Labute approximate surface area is 80.6 Å². The van der Waals surface area contributed by atoms with Crippen molar-refractivity contribution >= 4 is 11.8 Å². The molecule has 3 nitrogen and oxygen atoms in total. The van der Waals surface area contributed by atoms with E-state index in [-0.39, 0.29) is 0 Å². The molecule has 0 spiro atoms. The van der Waals surface area contributed by atoms with Gasteiger partial charge in [-0.15, -0.1) is 22.0 Å². The summed E-state index contributed by atoms with van der Waals surface area (Å²) in [4.78, 5) is 3.08. The fraction of sp³-hybridized carbons (Fsp3) is 0.111. The van der Waals surface area contributed by atoms with Gasteiger partial charge in [0.2, 0.25) is 0 Å². The quantitative estimate of drug-likeness (QED) is 0.740. The number of nitrogens with one attached hydrogen (secondary N) is 1. The second-order valence-electron chi connectivity index (χ2n) is 2.54. The number of thioether (sulfide) groups is 1. The lowest BCUT2D eigenvalue weighted by molar-refractivity contribution is 0.934. The van der Waals surface area contributed by atoms with Gasteiger partial charge in [-0.05, 0) is 30.5 Å². The van der Waals surface area contributed by atoms with Crippen molar-refractivity contribution in [2.24, 2.45) is 0 Å². The standard InChI is InChI=1S/C9H9N3S/c1-13-9-5-4-8(11-12-9)7-3-2-6-10-7/h2-6,10H,1H3.